The van der Waals surface area contributed by atoms with Gasteiger partial charge in [0.15, 0.2) is 0 Å². The van der Waals surface area contributed by atoms with E-state index >= 15 is 0 Å². The number of halogens is 4. The Morgan fingerprint density at radius 1 is 1.29 bits per heavy atom. The van der Waals surface area contributed by atoms with Gasteiger partial charge in [0.2, 0.25) is 0 Å². The quantitative estimate of drug-likeness (QED) is 0.896. The average molecular weight is 312 g/mol. The maximum absolute atomic E-state index is 12.8. The first kappa shape index (κ1) is 14.5. The fourth-order valence-corrected chi connectivity index (χ4v) is 1.63. The third-order valence-electron chi connectivity index (χ3n) is 2.15. The van der Waals surface area contributed by atoms with Crippen LogP contribution >= 0.6 is 15.9 Å². The highest BCUT2D eigenvalue weighted by molar-refractivity contribution is 9.10. The fourth-order valence-electron chi connectivity index (χ4n) is 1.37. The first-order valence-corrected chi connectivity index (χ1v) is 5.83. The van der Waals surface area contributed by atoms with Gasteiger partial charge in [0.05, 0.1) is 6.10 Å². The Labute approximate surface area is 106 Å². The summed E-state index contributed by atoms with van der Waals surface area (Å²) in [6, 6.07) is 4.15. The van der Waals surface area contributed by atoms with E-state index in [4.69, 9.17) is 5.11 Å². The molecular formula is C11H13BrF3NO. The van der Waals surface area contributed by atoms with Crippen LogP contribution < -0.4 is 5.32 Å². The molecule has 0 heterocycles. The number of aliphatic hydroxyl groups excluding tert-OH is 1. The smallest absolute Gasteiger partial charge is 0.392 e. The molecule has 0 saturated heterocycles. The van der Waals surface area contributed by atoms with E-state index in [1.165, 1.54) is 19.1 Å². The predicted octanol–water partition coefficient (Wildman–Crippen LogP) is 3.02. The van der Waals surface area contributed by atoms with Gasteiger partial charge < -0.3 is 5.11 Å². The van der Waals surface area contributed by atoms with Crippen molar-refractivity contribution in [3.63, 3.8) is 0 Å². The zero-order chi connectivity index (χ0) is 13.1. The molecule has 0 aliphatic carbocycles. The number of alkyl halides is 3. The van der Waals surface area contributed by atoms with Gasteiger partial charge in [-0.2, -0.15) is 13.2 Å². The first-order chi connectivity index (χ1) is 7.80. The van der Waals surface area contributed by atoms with Crippen LogP contribution in [0.25, 0.3) is 0 Å². The highest BCUT2D eigenvalue weighted by atomic mass is 79.9. The molecular weight excluding hydrogens is 299 g/mol. The average Bonchev–Trinajstić information content (AvgIpc) is 2.18. The summed E-state index contributed by atoms with van der Waals surface area (Å²) >= 11 is 3.17. The minimum Gasteiger partial charge on any atom is -0.392 e. The number of hydrogen-bond donors (Lipinski definition) is 2. The molecule has 17 heavy (non-hydrogen) atoms. The SMILES string of the molecule is C[C@H](O)CNC(c1ccc(Br)cc1)C(F)(F)F. The van der Waals surface area contributed by atoms with Gasteiger partial charge in [-0.05, 0) is 24.6 Å². The van der Waals surface area contributed by atoms with Crippen LogP contribution in [0.4, 0.5) is 13.2 Å². The van der Waals surface area contributed by atoms with Gasteiger partial charge in [-0.25, -0.2) is 0 Å². The maximum Gasteiger partial charge on any atom is 0.407 e. The van der Waals surface area contributed by atoms with Crippen LogP contribution in [-0.4, -0.2) is 23.9 Å². The van der Waals surface area contributed by atoms with E-state index in [1.54, 1.807) is 12.1 Å². The first-order valence-electron chi connectivity index (χ1n) is 5.04. The Balaban J connectivity index is 2.86. The monoisotopic (exact) mass is 311 g/mol. The minimum atomic E-state index is -4.39. The molecule has 2 N–H and O–H groups in total. The van der Waals surface area contributed by atoms with Crippen molar-refractivity contribution in [3.05, 3.63) is 34.3 Å². The van der Waals surface area contributed by atoms with E-state index < -0.39 is 18.3 Å². The lowest BCUT2D eigenvalue weighted by atomic mass is 10.1. The molecule has 96 valence electrons. The van der Waals surface area contributed by atoms with Gasteiger partial charge in [-0.3, -0.25) is 5.32 Å². The number of aliphatic hydroxyl groups is 1. The normalized spacial score (nSPS) is 15.6. The Hall–Kier alpha value is -0.590. The zero-order valence-electron chi connectivity index (χ0n) is 9.13. The van der Waals surface area contributed by atoms with E-state index in [1.807, 2.05) is 0 Å². The fraction of sp³-hybridized carbons (Fsp3) is 0.455. The molecule has 0 radical (unpaired) electrons. The molecule has 0 saturated carbocycles. The van der Waals surface area contributed by atoms with Crippen LogP contribution in [0.2, 0.25) is 0 Å². The molecule has 6 heteroatoms. The summed E-state index contributed by atoms with van der Waals surface area (Å²) in [5.41, 5.74) is 0.126. The van der Waals surface area contributed by atoms with Crippen molar-refractivity contribution in [1.82, 2.24) is 5.32 Å². The van der Waals surface area contributed by atoms with E-state index in [9.17, 15) is 13.2 Å². The lowest BCUT2D eigenvalue weighted by Crippen LogP contribution is -2.37. The van der Waals surface area contributed by atoms with E-state index in [-0.39, 0.29) is 12.1 Å². The van der Waals surface area contributed by atoms with Gasteiger partial charge in [0.25, 0.3) is 0 Å². The Bertz CT molecular complexity index is 351. The largest absolute Gasteiger partial charge is 0.407 e. The lowest BCUT2D eigenvalue weighted by molar-refractivity contribution is -0.158. The molecule has 1 aromatic rings. The second kappa shape index (κ2) is 5.84. The van der Waals surface area contributed by atoms with Crippen LogP contribution in [0.15, 0.2) is 28.7 Å². The molecule has 2 atom stereocenters. The summed E-state index contributed by atoms with van der Waals surface area (Å²) < 4.78 is 39.1. The van der Waals surface area contributed by atoms with Crippen molar-refractivity contribution < 1.29 is 18.3 Å². The number of nitrogens with one attached hydrogen (secondary N) is 1. The van der Waals surface area contributed by atoms with Crippen LogP contribution in [0, 0.1) is 0 Å². The van der Waals surface area contributed by atoms with E-state index in [0.29, 0.717) is 0 Å². The van der Waals surface area contributed by atoms with Crippen LogP contribution in [0.1, 0.15) is 18.5 Å². The summed E-state index contributed by atoms with van der Waals surface area (Å²) in [7, 11) is 0. The van der Waals surface area contributed by atoms with Crippen molar-refractivity contribution in [2.24, 2.45) is 0 Å². The van der Waals surface area contributed by atoms with Gasteiger partial charge >= 0.3 is 6.18 Å². The summed E-state index contributed by atoms with van der Waals surface area (Å²) in [5, 5.41) is 11.3. The standard InChI is InChI=1S/C11H13BrF3NO/c1-7(17)6-16-10(11(13,14)15)8-2-4-9(12)5-3-8/h2-5,7,10,16-17H,6H2,1H3/t7-,10?/m0/s1. The Morgan fingerprint density at radius 3 is 2.24 bits per heavy atom. The molecule has 2 nitrogen and oxygen atoms in total. The Morgan fingerprint density at radius 2 is 1.82 bits per heavy atom. The summed E-state index contributed by atoms with van der Waals surface area (Å²) in [6.07, 6.45) is -5.21. The molecule has 0 bridgehead atoms. The number of rotatable bonds is 4. The third kappa shape index (κ3) is 4.65. The maximum atomic E-state index is 12.8. The molecule has 0 aromatic heterocycles. The second-order valence-corrected chi connectivity index (χ2v) is 4.70. The highest BCUT2D eigenvalue weighted by Gasteiger charge is 2.40. The second-order valence-electron chi connectivity index (χ2n) is 3.78. The van der Waals surface area contributed by atoms with Crippen molar-refractivity contribution >= 4 is 15.9 Å². The molecule has 1 unspecified atom stereocenters. The summed E-state index contributed by atoms with van der Waals surface area (Å²) in [4.78, 5) is 0. The molecule has 0 amide bonds. The summed E-state index contributed by atoms with van der Waals surface area (Å²) in [5.74, 6) is 0. The molecule has 0 aliphatic heterocycles. The Kier molecular flexibility index (Phi) is 4.97. The minimum absolute atomic E-state index is 0.111. The van der Waals surface area contributed by atoms with Gasteiger partial charge in [-0.15, -0.1) is 0 Å². The number of benzene rings is 1. The molecule has 1 rings (SSSR count). The lowest BCUT2D eigenvalue weighted by Gasteiger charge is -2.22. The van der Waals surface area contributed by atoms with E-state index in [2.05, 4.69) is 21.2 Å². The van der Waals surface area contributed by atoms with Crippen molar-refractivity contribution in [3.8, 4) is 0 Å². The topological polar surface area (TPSA) is 32.3 Å². The van der Waals surface area contributed by atoms with Gasteiger partial charge in [0.1, 0.15) is 6.04 Å². The predicted molar refractivity (Wildman–Crippen MR) is 62.6 cm³/mol. The zero-order valence-corrected chi connectivity index (χ0v) is 10.7. The molecule has 0 aliphatic rings. The highest BCUT2D eigenvalue weighted by Crippen LogP contribution is 2.33. The molecule has 1 aromatic carbocycles. The van der Waals surface area contributed by atoms with Crippen molar-refractivity contribution in [2.75, 3.05) is 6.54 Å². The van der Waals surface area contributed by atoms with Crippen LogP contribution in [-0.2, 0) is 0 Å². The molecule has 0 fully saturated rings. The third-order valence-corrected chi connectivity index (χ3v) is 2.68. The summed E-state index contributed by atoms with van der Waals surface area (Å²) in [6.45, 7) is 1.32. The van der Waals surface area contributed by atoms with Crippen LogP contribution in [0.5, 0.6) is 0 Å². The van der Waals surface area contributed by atoms with Crippen LogP contribution in [0.3, 0.4) is 0 Å². The van der Waals surface area contributed by atoms with Crippen molar-refractivity contribution in [2.45, 2.75) is 25.2 Å². The van der Waals surface area contributed by atoms with E-state index in [0.717, 1.165) is 4.47 Å². The van der Waals surface area contributed by atoms with Gasteiger partial charge in [0, 0.05) is 11.0 Å². The number of hydrogen-bond acceptors (Lipinski definition) is 2. The van der Waals surface area contributed by atoms with Crippen molar-refractivity contribution in [1.29, 1.82) is 0 Å². The molecule has 0 spiro atoms. The van der Waals surface area contributed by atoms with Gasteiger partial charge in [-0.1, -0.05) is 28.1 Å².